The van der Waals surface area contributed by atoms with Gasteiger partial charge in [0.15, 0.2) is 9.84 Å². The second kappa shape index (κ2) is 56.8. The van der Waals surface area contributed by atoms with Crippen molar-refractivity contribution in [1.29, 1.82) is 0 Å². The summed E-state index contributed by atoms with van der Waals surface area (Å²) in [7, 11) is 15.9. The Morgan fingerprint density at radius 3 is 1.21 bits per heavy atom. The van der Waals surface area contributed by atoms with Crippen LogP contribution < -0.4 is 10.2 Å². The van der Waals surface area contributed by atoms with Crippen LogP contribution in [-0.2, 0) is 60.2 Å². The Balaban J connectivity index is 0.000000418. The highest BCUT2D eigenvalue weighted by atomic mass is 35.5. The Hall–Kier alpha value is -2.71. The van der Waals surface area contributed by atoms with Crippen LogP contribution in [0.3, 0.4) is 0 Å². The number of rotatable bonds is 1. The zero-order valence-electron chi connectivity index (χ0n) is 73.3. The SMILES string of the molecule is C=S1(=O)CCN(C)CC1.CC1CC(F)(F)CN1.CN1C(=O)OCc2ccc(Cl)cc21.CN1CCC(C)(F)C1.CN1CCC(S(C)(=O)=O)CC1.CN1CCCC1.CN1CCCC1=O.CN1CCCCC1.CN1CCCCC1.CN1CCCCC1.CN1CCCCC1=O.CN1CCCS1(=O)=O.CN1CCS(=O)(=O)C1.CN1CCSCC1. The molecule has 25 nitrogen and oxygen atoms in total. The number of nitrogens with zero attached hydrogens (tertiary/aromatic N) is 13. The molecule has 1 N–H and O–H groups in total. The Kier molecular flexibility index (Phi) is 53.5. The van der Waals surface area contributed by atoms with E-state index >= 15 is 0 Å². The van der Waals surface area contributed by atoms with E-state index in [1.165, 1.54) is 169 Å². The molecule has 14 aliphatic rings. The normalized spacial score (nSPS) is 26.0. The highest BCUT2D eigenvalue weighted by molar-refractivity contribution is 8.00. The Morgan fingerprint density at radius 2 is 0.956 bits per heavy atom. The summed E-state index contributed by atoms with van der Waals surface area (Å²) < 4.78 is 119. The van der Waals surface area contributed by atoms with Crippen molar-refractivity contribution in [2.75, 3.05) is 281 Å². The average Bonchev–Trinajstić information content (AvgIpc) is 1.25. The van der Waals surface area contributed by atoms with E-state index < -0.39 is 50.8 Å². The van der Waals surface area contributed by atoms with Crippen molar-refractivity contribution in [1.82, 2.24) is 63.5 Å². The number of likely N-dealkylation sites (tertiary alicyclic amines) is 8. The number of sulfone groups is 2. The van der Waals surface area contributed by atoms with Gasteiger partial charge in [-0.1, -0.05) is 36.9 Å². The first-order chi connectivity index (χ1) is 53.3. The fraction of sp³-hybridized carbons (Fsp3) is 0.875. The lowest BCUT2D eigenvalue weighted by atomic mass is 10.1. The van der Waals surface area contributed by atoms with Gasteiger partial charge in [-0.3, -0.25) is 23.6 Å². The van der Waals surface area contributed by atoms with Gasteiger partial charge in [0.2, 0.25) is 21.8 Å². The molecular formula is C80H156ClF3N14O11S5. The smallest absolute Gasteiger partial charge is 0.414 e. The van der Waals surface area contributed by atoms with Gasteiger partial charge < -0.3 is 59.1 Å². The van der Waals surface area contributed by atoms with Crippen molar-refractivity contribution in [3.8, 4) is 0 Å². The van der Waals surface area contributed by atoms with Crippen molar-refractivity contribution in [3.63, 3.8) is 0 Å². The van der Waals surface area contributed by atoms with E-state index in [1.54, 1.807) is 54.8 Å². The van der Waals surface area contributed by atoms with Crippen molar-refractivity contribution >= 4 is 92.0 Å². The fourth-order valence-electron chi connectivity index (χ4n) is 13.6. The standard InChI is InChI=1S/C9H8ClNO2.C7H15NO2S.C6H12FN.C6H13NOS.C6H11NO.3C6H13N.C5H9F2N.C5H9NO.C5H11NS.C5H11N.2C4H9NO2S/c1-11-8-4-7(10)3-2-6(8)5-13-9(11)12;1-8-5-3-7(4-6-8)11(2,9)10;1-6(7)3-4-8(2)5-6;1-7-3-5-9(2,8)6-4-7;1-7-5-3-2-4-6(7)8;3*1-7-5-3-2-4-6-7;1-4-2-5(6,7)3-8-4;1-6-4-2-3-5(6)7;1-6-2-4-7-5-3-6;1-6-4-2-3-5-6;1-5-2-3-8(6,7)4-5;1-5-3-2-4-8(5,6)7/h2-4H,5H2,1H3;7H,3-6H2,1-2H3;3-5H2,1-2H3;2-6H2,1H3;2-5H2,1H3;3*2-6H2,1H3;4,8H,2-3H2,1H3;2-4H2,1H3;2-5H2,1H3;2-5H2,1H3;2*2-4H2,1H3. The topological polar surface area (TPSA) is 234 Å². The second-order valence-corrected chi connectivity index (χ2v) is 44.6. The molecule has 1 aromatic rings. The second-order valence-electron chi connectivity index (χ2n) is 33.5. The molecule has 13 fully saturated rings. The number of nitrogens with one attached hydrogen (secondary N) is 1. The van der Waals surface area contributed by atoms with Crippen LogP contribution in [0.5, 0.6) is 0 Å². The van der Waals surface area contributed by atoms with E-state index in [2.05, 4.69) is 99.5 Å². The van der Waals surface area contributed by atoms with Gasteiger partial charge >= 0.3 is 6.09 Å². The van der Waals surface area contributed by atoms with Crippen LogP contribution in [0.25, 0.3) is 0 Å². The number of carbonyl (C=O) groups excluding carboxylic acids is 3. The minimum Gasteiger partial charge on any atom is -0.444 e. The van der Waals surface area contributed by atoms with Crippen LogP contribution >= 0.6 is 23.4 Å². The Morgan fingerprint density at radius 1 is 0.526 bits per heavy atom. The summed E-state index contributed by atoms with van der Waals surface area (Å²) in [4.78, 5) is 57.4. The minimum atomic E-state index is -2.79. The third kappa shape index (κ3) is 51.8. The van der Waals surface area contributed by atoms with Gasteiger partial charge in [-0.25, -0.2) is 47.5 Å². The molecule has 0 radical (unpaired) electrons. The van der Waals surface area contributed by atoms with Crippen LogP contribution in [0.15, 0.2) is 18.2 Å². The molecule has 2 atom stereocenters. The monoisotopic (exact) mass is 1740 g/mol. The summed E-state index contributed by atoms with van der Waals surface area (Å²) in [5.41, 5.74) is 0.893. The lowest BCUT2D eigenvalue weighted by Gasteiger charge is -2.27. The number of hydrogen-bond acceptors (Lipinski definition) is 22. The van der Waals surface area contributed by atoms with Gasteiger partial charge in [0.1, 0.15) is 28.0 Å². The number of thioether (sulfide) groups is 1. The highest BCUT2D eigenvalue weighted by Gasteiger charge is 2.37. The number of hydrogen-bond donors (Lipinski definition) is 1. The first-order valence-electron chi connectivity index (χ1n) is 41.7. The third-order valence-electron chi connectivity index (χ3n) is 21.6. The zero-order valence-corrected chi connectivity index (χ0v) is 78.1. The van der Waals surface area contributed by atoms with Gasteiger partial charge in [-0.05, 0) is 267 Å². The van der Waals surface area contributed by atoms with Crippen LogP contribution in [0.2, 0.25) is 5.02 Å². The maximum Gasteiger partial charge on any atom is 0.414 e. The van der Waals surface area contributed by atoms with E-state index in [1.807, 2.05) is 46.2 Å². The molecule has 2 unspecified atom stereocenters. The molecule has 114 heavy (non-hydrogen) atoms. The molecule has 14 aliphatic heterocycles. The number of cyclic esters (lactones) is 1. The average molecular weight is 1740 g/mol. The van der Waals surface area contributed by atoms with Gasteiger partial charge in [0.25, 0.3) is 5.92 Å². The van der Waals surface area contributed by atoms with Crippen molar-refractivity contribution in [3.05, 3.63) is 28.8 Å². The maximum atomic E-state index is 12.8. The summed E-state index contributed by atoms with van der Waals surface area (Å²) in [6.45, 7) is 25.3. The highest BCUT2D eigenvalue weighted by Crippen LogP contribution is 2.29. The van der Waals surface area contributed by atoms with Crippen LogP contribution in [0.4, 0.5) is 23.7 Å². The zero-order chi connectivity index (χ0) is 85.7. The molecule has 0 spiro atoms. The molecular weight excluding hydrogens is 1590 g/mol. The van der Waals surface area contributed by atoms with Crippen LogP contribution in [-0.4, -0.2) is 410 Å². The molecule has 1 aromatic carbocycles. The lowest BCUT2D eigenvalue weighted by molar-refractivity contribution is -0.131. The van der Waals surface area contributed by atoms with Gasteiger partial charge in [0, 0.05) is 159 Å². The molecule has 34 heteroatoms. The molecule has 15 rings (SSSR count). The molecule has 3 amide bonds. The number of benzene rings is 1. The number of anilines is 1. The number of carbonyl (C=O) groups is 3. The Labute approximate surface area is 700 Å². The van der Waals surface area contributed by atoms with Crippen molar-refractivity contribution in [2.45, 2.75) is 178 Å². The molecule has 670 valence electrons. The number of fused-ring (bicyclic) bond motifs is 1. The first-order valence-corrected chi connectivity index (χ1v) is 50.7. The molecule has 13 saturated heterocycles. The summed E-state index contributed by atoms with van der Waals surface area (Å²) in [6.07, 6.45) is 24.6. The van der Waals surface area contributed by atoms with Crippen molar-refractivity contribution in [2.24, 2.45) is 0 Å². The molecule has 14 heterocycles. The Bertz CT molecular complexity index is 3170. The van der Waals surface area contributed by atoms with Gasteiger partial charge in [0.05, 0.1) is 29.0 Å². The van der Waals surface area contributed by atoms with Crippen molar-refractivity contribution < 1.29 is 61.8 Å². The molecule has 0 aromatic heterocycles. The number of halogens is 4. The third-order valence-corrected chi connectivity index (χ3v) is 29.9. The number of ether oxygens (including phenoxy) is 1. The molecule has 0 saturated carbocycles. The number of sulfonamides is 1. The minimum absolute atomic E-state index is 0.00694. The van der Waals surface area contributed by atoms with Gasteiger partial charge in [-0.2, -0.15) is 11.8 Å². The molecule has 0 bridgehead atoms. The fourth-order valence-corrected chi connectivity index (χ4v) is 20.1. The largest absolute Gasteiger partial charge is 0.444 e. The quantitative estimate of drug-likeness (QED) is 0.259. The van der Waals surface area contributed by atoms with E-state index in [9.17, 15) is 57.0 Å². The van der Waals surface area contributed by atoms with Crippen LogP contribution in [0.1, 0.15) is 154 Å². The summed E-state index contributed by atoms with van der Waals surface area (Å²) in [5, 5.41) is 3.20. The van der Waals surface area contributed by atoms with E-state index in [0.717, 1.165) is 114 Å². The summed E-state index contributed by atoms with van der Waals surface area (Å²) in [5.74, 6) is 6.95. The number of alkyl halides is 3. The van der Waals surface area contributed by atoms with E-state index in [-0.39, 0.29) is 36.2 Å². The first kappa shape index (κ1) is 107. The lowest BCUT2D eigenvalue weighted by Crippen LogP contribution is -2.37. The van der Waals surface area contributed by atoms with E-state index in [4.69, 9.17) is 16.3 Å². The predicted molar refractivity (Wildman–Crippen MR) is 473 cm³/mol. The van der Waals surface area contributed by atoms with Gasteiger partial charge in [-0.15, -0.1) is 0 Å². The van der Waals surface area contributed by atoms with Crippen LogP contribution in [0, 0.1) is 0 Å². The molecule has 0 aliphatic carbocycles. The summed E-state index contributed by atoms with van der Waals surface area (Å²) >= 11 is 7.87. The van der Waals surface area contributed by atoms with E-state index in [0.29, 0.717) is 61.0 Å². The predicted octanol–water partition coefficient (Wildman–Crippen LogP) is 8.76. The summed E-state index contributed by atoms with van der Waals surface area (Å²) in [6, 6.07) is 5.40. The number of piperidine rings is 5. The maximum absolute atomic E-state index is 12.8. The number of amides is 3.